The summed E-state index contributed by atoms with van der Waals surface area (Å²) >= 11 is 1.57. The lowest BCUT2D eigenvalue weighted by molar-refractivity contribution is 0.240. The van der Waals surface area contributed by atoms with Gasteiger partial charge in [-0.05, 0) is 30.5 Å². The molecule has 0 unspecified atom stereocenters. The van der Waals surface area contributed by atoms with Crippen LogP contribution in [0.4, 0.5) is 4.79 Å². The molecule has 5 heteroatoms. The smallest absolute Gasteiger partial charge is 0.333 e. The number of nitrogens with one attached hydrogen (secondary N) is 1. The third-order valence-electron chi connectivity index (χ3n) is 4.90. The molecule has 26 heavy (non-hydrogen) atoms. The van der Waals surface area contributed by atoms with Gasteiger partial charge in [-0.15, -0.1) is 0 Å². The normalized spacial score (nSPS) is 16.1. The standard InChI is InChI=1S/C21H23N3OS/c25-20(22-17-11-5-2-6-12-17)23-21-24(15-16-9-3-1-4-10-16)18-13-7-8-14-19(18)26-21/h1,3-4,7-10,13-14,17H,2,5-6,11-12,15H2,(H,22,25). The minimum Gasteiger partial charge on any atom is -0.333 e. The Kier molecular flexibility index (Phi) is 5.16. The maximum Gasteiger partial charge on any atom is 0.343 e. The van der Waals surface area contributed by atoms with Gasteiger partial charge >= 0.3 is 6.03 Å². The van der Waals surface area contributed by atoms with Gasteiger partial charge in [0, 0.05) is 6.04 Å². The molecule has 1 aliphatic rings. The molecule has 1 fully saturated rings. The van der Waals surface area contributed by atoms with E-state index in [2.05, 4.69) is 39.1 Å². The van der Waals surface area contributed by atoms with E-state index in [4.69, 9.17) is 0 Å². The Morgan fingerprint density at radius 2 is 1.77 bits per heavy atom. The first-order valence-corrected chi connectivity index (χ1v) is 10.1. The predicted octanol–water partition coefficient (Wildman–Crippen LogP) is 4.69. The molecular weight excluding hydrogens is 342 g/mol. The van der Waals surface area contributed by atoms with Gasteiger partial charge in [-0.1, -0.05) is 73.1 Å². The molecular formula is C21H23N3OS. The Morgan fingerprint density at radius 1 is 1.04 bits per heavy atom. The fraction of sp³-hybridized carbons (Fsp3) is 0.333. The topological polar surface area (TPSA) is 46.4 Å². The van der Waals surface area contributed by atoms with E-state index in [-0.39, 0.29) is 12.1 Å². The first kappa shape index (κ1) is 17.0. The molecule has 134 valence electrons. The van der Waals surface area contributed by atoms with Crippen molar-refractivity contribution in [2.24, 2.45) is 4.99 Å². The van der Waals surface area contributed by atoms with Crippen molar-refractivity contribution in [3.05, 3.63) is 65.0 Å². The summed E-state index contributed by atoms with van der Waals surface area (Å²) in [4.78, 5) is 17.6. The number of hydrogen-bond acceptors (Lipinski definition) is 2. The van der Waals surface area contributed by atoms with Crippen LogP contribution < -0.4 is 10.1 Å². The Balaban J connectivity index is 1.67. The SMILES string of the molecule is O=C(N=c1sc2ccccc2n1Cc1ccccc1)NC1CCCCC1. The van der Waals surface area contributed by atoms with Crippen molar-refractivity contribution in [1.29, 1.82) is 0 Å². The summed E-state index contributed by atoms with van der Waals surface area (Å²) in [6.45, 7) is 0.709. The number of amides is 2. The van der Waals surface area contributed by atoms with Crippen molar-refractivity contribution in [2.45, 2.75) is 44.7 Å². The van der Waals surface area contributed by atoms with E-state index in [0.29, 0.717) is 6.54 Å². The molecule has 1 aliphatic carbocycles. The van der Waals surface area contributed by atoms with E-state index < -0.39 is 0 Å². The van der Waals surface area contributed by atoms with Gasteiger partial charge in [-0.25, -0.2) is 4.79 Å². The minimum atomic E-state index is -0.217. The number of fused-ring (bicyclic) bond motifs is 1. The first-order chi connectivity index (χ1) is 12.8. The summed E-state index contributed by atoms with van der Waals surface area (Å²) in [6, 6.07) is 18.6. The van der Waals surface area contributed by atoms with E-state index in [0.717, 1.165) is 27.9 Å². The second-order valence-electron chi connectivity index (χ2n) is 6.82. The molecule has 0 atom stereocenters. The molecule has 3 aromatic rings. The Bertz CT molecular complexity index is 952. The van der Waals surface area contributed by atoms with E-state index in [1.54, 1.807) is 11.3 Å². The van der Waals surface area contributed by atoms with Crippen LogP contribution in [-0.2, 0) is 6.54 Å². The van der Waals surface area contributed by atoms with Gasteiger partial charge in [-0.2, -0.15) is 4.99 Å². The second kappa shape index (κ2) is 7.87. The fourth-order valence-corrected chi connectivity index (χ4v) is 4.59. The number of rotatable bonds is 3. The molecule has 1 saturated carbocycles. The number of aromatic nitrogens is 1. The molecule has 2 aromatic carbocycles. The highest BCUT2D eigenvalue weighted by Gasteiger charge is 2.15. The van der Waals surface area contributed by atoms with Gasteiger partial charge in [0.25, 0.3) is 0 Å². The molecule has 0 radical (unpaired) electrons. The lowest BCUT2D eigenvalue weighted by Gasteiger charge is -2.21. The van der Waals surface area contributed by atoms with Crippen LogP contribution in [0.25, 0.3) is 10.2 Å². The molecule has 0 aliphatic heterocycles. The van der Waals surface area contributed by atoms with Crippen molar-refractivity contribution in [1.82, 2.24) is 9.88 Å². The van der Waals surface area contributed by atoms with Crippen LogP contribution >= 0.6 is 11.3 Å². The molecule has 0 spiro atoms. The van der Waals surface area contributed by atoms with Gasteiger partial charge in [0.1, 0.15) is 0 Å². The van der Waals surface area contributed by atoms with Crippen molar-refractivity contribution >= 4 is 27.6 Å². The largest absolute Gasteiger partial charge is 0.343 e. The Labute approximate surface area is 157 Å². The zero-order valence-electron chi connectivity index (χ0n) is 14.7. The summed E-state index contributed by atoms with van der Waals surface area (Å²) in [6.07, 6.45) is 5.80. The molecule has 0 saturated heterocycles. The zero-order chi connectivity index (χ0) is 17.8. The number of thiazole rings is 1. The van der Waals surface area contributed by atoms with Gasteiger partial charge < -0.3 is 9.88 Å². The van der Waals surface area contributed by atoms with Crippen LogP contribution in [0.5, 0.6) is 0 Å². The zero-order valence-corrected chi connectivity index (χ0v) is 15.5. The Morgan fingerprint density at radius 3 is 2.58 bits per heavy atom. The molecule has 4 nitrogen and oxygen atoms in total. The van der Waals surface area contributed by atoms with Gasteiger partial charge in [0.15, 0.2) is 4.80 Å². The van der Waals surface area contributed by atoms with Gasteiger partial charge in [0.05, 0.1) is 16.8 Å². The summed E-state index contributed by atoms with van der Waals surface area (Å²) in [5, 5.41) is 3.09. The summed E-state index contributed by atoms with van der Waals surface area (Å²) in [7, 11) is 0. The highest BCUT2D eigenvalue weighted by molar-refractivity contribution is 7.16. The number of para-hydroxylation sites is 1. The summed E-state index contributed by atoms with van der Waals surface area (Å²) in [5.41, 5.74) is 2.32. The molecule has 1 aromatic heterocycles. The number of hydrogen-bond donors (Lipinski definition) is 1. The maximum atomic E-state index is 12.5. The van der Waals surface area contributed by atoms with E-state index in [1.165, 1.54) is 24.8 Å². The highest BCUT2D eigenvalue weighted by atomic mass is 32.1. The van der Waals surface area contributed by atoms with Crippen LogP contribution in [0.3, 0.4) is 0 Å². The van der Waals surface area contributed by atoms with Crippen molar-refractivity contribution in [2.75, 3.05) is 0 Å². The third kappa shape index (κ3) is 3.88. The maximum absolute atomic E-state index is 12.5. The fourth-order valence-electron chi connectivity index (χ4n) is 3.57. The van der Waals surface area contributed by atoms with Crippen molar-refractivity contribution in [3.8, 4) is 0 Å². The van der Waals surface area contributed by atoms with Gasteiger partial charge in [0.2, 0.25) is 0 Å². The quantitative estimate of drug-likeness (QED) is 0.719. The summed E-state index contributed by atoms with van der Waals surface area (Å²) in [5.74, 6) is 0. The molecule has 4 rings (SSSR count). The first-order valence-electron chi connectivity index (χ1n) is 9.27. The monoisotopic (exact) mass is 365 g/mol. The Hall–Kier alpha value is -2.40. The van der Waals surface area contributed by atoms with Crippen LogP contribution in [0.15, 0.2) is 59.6 Å². The molecule has 1 heterocycles. The third-order valence-corrected chi connectivity index (χ3v) is 5.96. The number of carbonyl (C=O) groups is 1. The van der Waals surface area contributed by atoms with Crippen LogP contribution in [0, 0.1) is 0 Å². The van der Waals surface area contributed by atoms with Crippen LogP contribution in [-0.4, -0.2) is 16.6 Å². The number of carbonyl (C=O) groups excluding carboxylic acids is 1. The minimum absolute atomic E-state index is 0.217. The highest BCUT2D eigenvalue weighted by Crippen LogP contribution is 2.19. The van der Waals surface area contributed by atoms with E-state index >= 15 is 0 Å². The van der Waals surface area contributed by atoms with Gasteiger partial charge in [-0.3, -0.25) is 0 Å². The molecule has 2 amide bonds. The van der Waals surface area contributed by atoms with Crippen molar-refractivity contribution < 1.29 is 4.79 Å². The average Bonchev–Trinajstić information content (AvgIpc) is 3.00. The lowest BCUT2D eigenvalue weighted by Crippen LogP contribution is -2.35. The lowest BCUT2D eigenvalue weighted by atomic mass is 9.96. The van der Waals surface area contributed by atoms with E-state index in [1.807, 2.05) is 30.3 Å². The van der Waals surface area contributed by atoms with Crippen molar-refractivity contribution in [3.63, 3.8) is 0 Å². The van der Waals surface area contributed by atoms with Crippen LogP contribution in [0.1, 0.15) is 37.7 Å². The average molecular weight is 366 g/mol. The number of benzene rings is 2. The number of urea groups is 1. The van der Waals surface area contributed by atoms with Crippen LogP contribution in [0.2, 0.25) is 0 Å². The summed E-state index contributed by atoms with van der Waals surface area (Å²) < 4.78 is 3.28. The predicted molar refractivity (Wildman–Crippen MR) is 106 cm³/mol. The second-order valence-corrected chi connectivity index (χ2v) is 7.83. The molecule has 0 bridgehead atoms. The van der Waals surface area contributed by atoms with E-state index in [9.17, 15) is 4.79 Å². The molecule has 1 N–H and O–H groups in total. The number of nitrogens with zero attached hydrogens (tertiary/aromatic N) is 2.